The van der Waals surface area contributed by atoms with Crippen LogP contribution in [-0.4, -0.2) is 5.97 Å². The molecule has 0 saturated heterocycles. The first kappa shape index (κ1) is 8.75. The Balaban J connectivity index is 2.31. The van der Waals surface area contributed by atoms with Gasteiger partial charge < -0.3 is 4.74 Å². The molecule has 14 heavy (non-hydrogen) atoms. The zero-order valence-electron chi connectivity index (χ0n) is 7.86. The van der Waals surface area contributed by atoms with E-state index in [2.05, 4.69) is 0 Å². The quantitative estimate of drug-likeness (QED) is 0.630. The van der Waals surface area contributed by atoms with Crippen LogP contribution in [0.25, 0.3) is 6.08 Å². The molecule has 0 spiro atoms. The molecule has 1 aromatic rings. The molecule has 0 saturated carbocycles. The van der Waals surface area contributed by atoms with Gasteiger partial charge in [-0.1, -0.05) is 24.3 Å². The first-order valence-electron chi connectivity index (χ1n) is 4.43. The molecule has 0 aromatic heterocycles. The van der Waals surface area contributed by atoms with E-state index in [-0.39, 0.29) is 5.97 Å². The van der Waals surface area contributed by atoms with Gasteiger partial charge in [0.15, 0.2) is 0 Å². The van der Waals surface area contributed by atoms with Gasteiger partial charge in [-0.05, 0) is 30.2 Å². The van der Waals surface area contributed by atoms with Gasteiger partial charge in [-0.3, -0.25) is 0 Å². The predicted molar refractivity (Wildman–Crippen MR) is 54.4 cm³/mol. The lowest BCUT2D eigenvalue weighted by atomic mass is 10.1. The fourth-order valence-electron chi connectivity index (χ4n) is 1.31. The number of rotatable bonds is 1. The number of carbonyl (C=O) groups is 1. The molecule has 0 aliphatic carbocycles. The lowest BCUT2D eigenvalue weighted by Crippen LogP contribution is -1.90. The normalized spacial score (nSPS) is 17.5. The van der Waals surface area contributed by atoms with Crippen LogP contribution in [0.4, 0.5) is 0 Å². The minimum absolute atomic E-state index is 0.301. The molecule has 0 radical (unpaired) electrons. The SMILES string of the molecule is Cc1ccccc1/C=C1\C=CC(=O)O1. The summed E-state index contributed by atoms with van der Waals surface area (Å²) in [5, 5.41) is 0. The van der Waals surface area contributed by atoms with E-state index in [1.54, 1.807) is 6.08 Å². The number of benzene rings is 1. The van der Waals surface area contributed by atoms with Gasteiger partial charge in [0.05, 0.1) is 0 Å². The number of allylic oxidation sites excluding steroid dienone is 1. The van der Waals surface area contributed by atoms with Crippen LogP contribution in [0.1, 0.15) is 11.1 Å². The van der Waals surface area contributed by atoms with E-state index < -0.39 is 0 Å². The summed E-state index contributed by atoms with van der Waals surface area (Å²) in [4.78, 5) is 10.8. The molecule has 0 bridgehead atoms. The molecular weight excluding hydrogens is 176 g/mol. The van der Waals surface area contributed by atoms with E-state index in [1.807, 2.05) is 37.3 Å². The maximum absolute atomic E-state index is 10.8. The van der Waals surface area contributed by atoms with Crippen molar-refractivity contribution in [2.75, 3.05) is 0 Å². The first-order chi connectivity index (χ1) is 6.75. The van der Waals surface area contributed by atoms with Crippen LogP contribution in [0.3, 0.4) is 0 Å². The van der Waals surface area contributed by atoms with Crippen LogP contribution >= 0.6 is 0 Å². The van der Waals surface area contributed by atoms with Gasteiger partial charge in [-0.2, -0.15) is 0 Å². The second-order valence-corrected chi connectivity index (χ2v) is 3.16. The number of carbonyl (C=O) groups excluding carboxylic acids is 1. The van der Waals surface area contributed by atoms with E-state index >= 15 is 0 Å². The summed E-state index contributed by atoms with van der Waals surface area (Å²) in [5.74, 6) is 0.300. The Morgan fingerprint density at radius 1 is 1.21 bits per heavy atom. The number of cyclic esters (lactones) is 1. The van der Waals surface area contributed by atoms with Crippen molar-refractivity contribution in [3.05, 3.63) is 53.3 Å². The summed E-state index contributed by atoms with van der Waals surface area (Å²) < 4.78 is 4.93. The molecule has 0 N–H and O–H groups in total. The van der Waals surface area contributed by atoms with Gasteiger partial charge in [-0.15, -0.1) is 0 Å². The summed E-state index contributed by atoms with van der Waals surface area (Å²) in [6.45, 7) is 2.02. The van der Waals surface area contributed by atoms with Crippen LogP contribution in [0.15, 0.2) is 42.2 Å². The molecule has 0 amide bonds. The highest BCUT2D eigenvalue weighted by atomic mass is 16.5. The van der Waals surface area contributed by atoms with Crippen LogP contribution < -0.4 is 0 Å². The van der Waals surface area contributed by atoms with Crippen molar-refractivity contribution in [2.45, 2.75) is 6.92 Å². The Morgan fingerprint density at radius 3 is 2.64 bits per heavy atom. The third-order valence-electron chi connectivity index (χ3n) is 2.09. The smallest absolute Gasteiger partial charge is 0.336 e. The van der Waals surface area contributed by atoms with Crippen molar-refractivity contribution >= 4 is 12.0 Å². The van der Waals surface area contributed by atoms with E-state index in [1.165, 1.54) is 6.08 Å². The number of aryl methyl sites for hydroxylation is 1. The second kappa shape index (κ2) is 3.50. The van der Waals surface area contributed by atoms with Crippen molar-refractivity contribution in [3.8, 4) is 0 Å². The van der Waals surface area contributed by atoms with Crippen molar-refractivity contribution in [1.29, 1.82) is 0 Å². The Kier molecular flexibility index (Phi) is 2.19. The largest absolute Gasteiger partial charge is 0.423 e. The predicted octanol–water partition coefficient (Wildman–Crippen LogP) is 2.45. The summed E-state index contributed by atoms with van der Waals surface area (Å²) in [7, 11) is 0. The molecule has 70 valence electrons. The Hall–Kier alpha value is -1.83. The zero-order chi connectivity index (χ0) is 9.97. The van der Waals surface area contributed by atoms with Gasteiger partial charge in [0, 0.05) is 6.08 Å². The van der Waals surface area contributed by atoms with Crippen LogP contribution in [0.2, 0.25) is 0 Å². The van der Waals surface area contributed by atoms with Gasteiger partial charge >= 0.3 is 5.97 Å². The maximum atomic E-state index is 10.8. The van der Waals surface area contributed by atoms with Gasteiger partial charge in [0.1, 0.15) is 5.76 Å². The maximum Gasteiger partial charge on any atom is 0.336 e. The standard InChI is InChI=1S/C12H10O2/c1-9-4-2-3-5-10(9)8-11-6-7-12(13)14-11/h2-8H,1H3/b11-8+. The fourth-order valence-corrected chi connectivity index (χ4v) is 1.31. The third-order valence-corrected chi connectivity index (χ3v) is 2.09. The monoisotopic (exact) mass is 186 g/mol. The minimum Gasteiger partial charge on any atom is -0.423 e. The zero-order valence-corrected chi connectivity index (χ0v) is 7.86. The number of hydrogen-bond donors (Lipinski definition) is 0. The number of hydrogen-bond acceptors (Lipinski definition) is 2. The van der Waals surface area contributed by atoms with E-state index in [0.717, 1.165) is 11.1 Å². The van der Waals surface area contributed by atoms with Gasteiger partial charge in [0.2, 0.25) is 0 Å². The lowest BCUT2D eigenvalue weighted by molar-refractivity contribution is -0.132. The number of esters is 1. The van der Waals surface area contributed by atoms with Crippen molar-refractivity contribution in [1.82, 2.24) is 0 Å². The molecule has 1 aromatic carbocycles. The summed E-state index contributed by atoms with van der Waals surface area (Å²) in [6.07, 6.45) is 4.95. The van der Waals surface area contributed by atoms with Crippen LogP contribution in [0, 0.1) is 6.92 Å². The fraction of sp³-hybridized carbons (Fsp3) is 0.0833. The Labute approximate surface area is 82.5 Å². The van der Waals surface area contributed by atoms with Crippen molar-refractivity contribution in [3.63, 3.8) is 0 Å². The van der Waals surface area contributed by atoms with Gasteiger partial charge in [-0.25, -0.2) is 4.79 Å². The molecule has 2 heteroatoms. The molecular formula is C12H10O2. The van der Waals surface area contributed by atoms with Crippen LogP contribution in [0.5, 0.6) is 0 Å². The molecule has 2 nitrogen and oxygen atoms in total. The lowest BCUT2D eigenvalue weighted by Gasteiger charge is -2.00. The van der Waals surface area contributed by atoms with Crippen molar-refractivity contribution < 1.29 is 9.53 Å². The van der Waals surface area contributed by atoms with E-state index in [0.29, 0.717) is 5.76 Å². The van der Waals surface area contributed by atoms with Crippen LogP contribution in [-0.2, 0) is 9.53 Å². The highest BCUT2D eigenvalue weighted by Gasteiger charge is 2.09. The molecule has 1 heterocycles. The average molecular weight is 186 g/mol. The first-order valence-corrected chi connectivity index (χ1v) is 4.43. The summed E-state index contributed by atoms with van der Waals surface area (Å²) >= 11 is 0. The Bertz CT molecular complexity index is 428. The molecule has 1 aliphatic rings. The molecule has 0 atom stereocenters. The highest BCUT2D eigenvalue weighted by molar-refractivity contribution is 5.87. The highest BCUT2D eigenvalue weighted by Crippen LogP contribution is 2.16. The summed E-state index contributed by atoms with van der Waals surface area (Å²) in [5.41, 5.74) is 2.23. The van der Waals surface area contributed by atoms with Gasteiger partial charge in [0.25, 0.3) is 0 Å². The Morgan fingerprint density at radius 2 is 2.00 bits per heavy atom. The van der Waals surface area contributed by atoms with E-state index in [4.69, 9.17) is 4.74 Å². The molecule has 2 rings (SSSR count). The summed E-state index contributed by atoms with van der Waals surface area (Å²) in [6, 6.07) is 7.95. The molecule has 1 aliphatic heterocycles. The third kappa shape index (κ3) is 1.74. The average Bonchev–Trinajstić information content (AvgIpc) is 2.56. The topological polar surface area (TPSA) is 26.3 Å². The van der Waals surface area contributed by atoms with E-state index in [9.17, 15) is 4.79 Å². The molecule has 0 fully saturated rings. The second-order valence-electron chi connectivity index (χ2n) is 3.16. The molecule has 0 unspecified atom stereocenters. The van der Waals surface area contributed by atoms with Crippen molar-refractivity contribution in [2.24, 2.45) is 0 Å². The minimum atomic E-state index is -0.301. The number of ether oxygens (including phenoxy) is 1.